The van der Waals surface area contributed by atoms with Gasteiger partial charge in [-0.05, 0) is 24.6 Å². The summed E-state index contributed by atoms with van der Waals surface area (Å²) in [5.74, 6) is 0. The molecule has 2 heterocycles. The maximum absolute atomic E-state index is 13.1. The number of benzene rings is 1. The molecule has 0 N–H and O–H groups in total. The zero-order chi connectivity index (χ0) is 14.3. The van der Waals surface area contributed by atoms with Gasteiger partial charge in [0.15, 0.2) is 5.65 Å². The maximum Gasteiger partial charge on any atom is 0.417 e. The quantitative estimate of drug-likeness (QED) is 0.678. The topological polar surface area (TPSA) is 30.2 Å². The third kappa shape index (κ3) is 2.03. The minimum absolute atomic E-state index is 0.0769. The van der Waals surface area contributed by atoms with Crippen LogP contribution in [0.2, 0.25) is 0 Å². The lowest BCUT2D eigenvalue weighted by Crippen LogP contribution is -2.08. The van der Waals surface area contributed by atoms with E-state index in [4.69, 9.17) is 0 Å². The van der Waals surface area contributed by atoms with Crippen LogP contribution in [0.5, 0.6) is 0 Å². The zero-order valence-electron chi connectivity index (χ0n) is 10.5. The van der Waals surface area contributed by atoms with E-state index in [1.165, 1.54) is 16.6 Å². The van der Waals surface area contributed by atoms with Crippen molar-refractivity contribution in [3.8, 4) is 11.3 Å². The van der Waals surface area contributed by atoms with Gasteiger partial charge in [-0.1, -0.05) is 18.2 Å². The summed E-state index contributed by atoms with van der Waals surface area (Å²) < 4.78 is 40.7. The molecule has 0 aliphatic heterocycles. The highest BCUT2D eigenvalue weighted by atomic mass is 19.4. The summed E-state index contributed by atoms with van der Waals surface area (Å²) >= 11 is 0. The lowest BCUT2D eigenvalue weighted by Gasteiger charge is -2.13. The van der Waals surface area contributed by atoms with Gasteiger partial charge in [0.05, 0.1) is 11.3 Å². The SMILES string of the molecule is Cc1cc2nccn2nc1-c1ccccc1C(F)(F)F. The number of hydrogen-bond donors (Lipinski definition) is 0. The lowest BCUT2D eigenvalue weighted by molar-refractivity contribution is -0.137. The molecule has 0 atom stereocenters. The molecular weight excluding hydrogens is 267 g/mol. The summed E-state index contributed by atoms with van der Waals surface area (Å²) in [7, 11) is 0. The van der Waals surface area contributed by atoms with Gasteiger partial charge in [-0.15, -0.1) is 0 Å². The average Bonchev–Trinajstić information content (AvgIpc) is 2.84. The Morgan fingerprint density at radius 3 is 2.65 bits per heavy atom. The van der Waals surface area contributed by atoms with Crippen LogP contribution in [0.4, 0.5) is 13.2 Å². The Hall–Kier alpha value is -2.37. The Kier molecular flexibility index (Phi) is 2.74. The van der Waals surface area contributed by atoms with Crippen LogP contribution >= 0.6 is 0 Å². The summed E-state index contributed by atoms with van der Waals surface area (Å²) in [6.45, 7) is 1.73. The third-order valence-corrected chi connectivity index (χ3v) is 3.06. The van der Waals surface area contributed by atoms with Crippen LogP contribution in [-0.4, -0.2) is 14.6 Å². The number of fused-ring (bicyclic) bond motifs is 1. The van der Waals surface area contributed by atoms with E-state index in [2.05, 4.69) is 10.1 Å². The Morgan fingerprint density at radius 2 is 1.90 bits per heavy atom. The molecule has 3 nitrogen and oxygen atoms in total. The molecule has 0 unspecified atom stereocenters. The van der Waals surface area contributed by atoms with E-state index >= 15 is 0 Å². The van der Waals surface area contributed by atoms with Crippen LogP contribution in [0.3, 0.4) is 0 Å². The first-order valence-corrected chi connectivity index (χ1v) is 5.94. The van der Waals surface area contributed by atoms with Gasteiger partial charge in [-0.3, -0.25) is 0 Å². The van der Waals surface area contributed by atoms with E-state index in [-0.39, 0.29) is 5.56 Å². The molecule has 0 aliphatic rings. The largest absolute Gasteiger partial charge is 0.417 e. The monoisotopic (exact) mass is 277 g/mol. The number of halogens is 3. The Morgan fingerprint density at radius 1 is 1.15 bits per heavy atom. The first-order valence-electron chi connectivity index (χ1n) is 5.94. The van der Waals surface area contributed by atoms with Crippen molar-refractivity contribution in [2.24, 2.45) is 0 Å². The molecule has 0 saturated carbocycles. The fourth-order valence-corrected chi connectivity index (χ4v) is 2.15. The van der Waals surface area contributed by atoms with E-state index in [1.807, 2.05) is 0 Å². The normalized spacial score (nSPS) is 12.0. The van der Waals surface area contributed by atoms with E-state index in [0.717, 1.165) is 6.07 Å². The van der Waals surface area contributed by atoms with Crippen molar-refractivity contribution in [1.29, 1.82) is 0 Å². The predicted octanol–water partition coefficient (Wildman–Crippen LogP) is 3.72. The van der Waals surface area contributed by atoms with Gasteiger partial charge >= 0.3 is 6.18 Å². The number of aryl methyl sites for hydroxylation is 1. The molecule has 0 amide bonds. The van der Waals surface area contributed by atoms with Crippen molar-refractivity contribution in [1.82, 2.24) is 14.6 Å². The second kappa shape index (κ2) is 4.33. The fourth-order valence-electron chi connectivity index (χ4n) is 2.15. The minimum atomic E-state index is -4.41. The van der Waals surface area contributed by atoms with E-state index in [1.54, 1.807) is 31.5 Å². The highest BCUT2D eigenvalue weighted by Gasteiger charge is 2.34. The van der Waals surface area contributed by atoms with Gasteiger partial charge in [0.1, 0.15) is 0 Å². The molecule has 0 bridgehead atoms. The van der Waals surface area contributed by atoms with Gasteiger partial charge in [0.25, 0.3) is 0 Å². The molecule has 0 spiro atoms. The average molecular weight is 277 g/mol. The number of alkyl halides is 3. The van der Waals surface area contributed by atoms with Crippen molar-refractivity contribution in [2.45, 2.75) is 13.1 Å². The van der Waals surface area contributed by atoms with Crippen molar-refractivity contribution >= 4 is 5.65 Å². The molecule has 1 aromatic carbocycles. The van der Waals surface area contributed by atoms with Crippen molar-refractivity contribution < 1.29 is 13.2 Å². The van der Waals surface area contributed by atoms with Crippen LogP contribution in [0, 0.1) is 6.92 Å². The lowest BCUT2D eigenvalue weighted by atomic mass is 10.0. The van der Waals surface area contributed by atoms with Gasteiger partial charge in [-0.2, -0.15) is 18.3 Å². The second-order valence-corrected chi connectivity index (χ2v) is 4.45. The first-order chi connectivity index (χ1) is 9.47. The highest BCUT2D eigenvalue weighted by Crippen LogP contribution is 2.37. The highest BCUT2D eigenvalue weighted by molar-refractivity contribution is 5.68. The minimum Gasteiger partial charge on any atom is -0.236 e. The molecule has 0 fully saturated rings. The molecular formula is C14H10F3N3. The number of rotatable bonds is 1. The molecule has 20 heavy (non-hydrogen) atoms. The molecule has 2 aromatic heterocycles. The molecule has 3 rings (SSSR count). The summed E-state index contributed by atoms with van der Waals surface area (Å²) in [5, 5.41) is 4.23. The molecule has 0 aliphatic carbocycles. The van der Waals surface area contributed by atoms with Crippen LogP contribution in [0.1, 0.15) is 11.1 Å². The van der Waals surface area contributed by atoms with E-state index < -0.39 is 11.7 Å². The number of nitrogens with zero attached hydrogens (tertiary/aromatic N) is 3. The Balaban J connectivity index is 2.28. The van der Waals surface area contributed by atoms with Gasteiger partial charge in [0.2, 0.25) is 0 Å². The van der Waals surface area contributed by atoms with E-state index in [0.29, 0.717) is 16.9 Å². The predicted molar refractivity (Wildman–Crippen MR) is 68.2 cm³/mol. The maximum atomic E-state index is 13.1. The van der Waals surface area contributed by atoms with Gasteiger partial charge in [0, 0.05) is 18.0 Å². The Bertz CT molecular complexity index is 775. The van der Waals surface area contributed by atoms with Gasteiger partial charge in [-0.25, -0.2) is 9.50 Å². The van der Waals surface area contributed by atoms with Crippen molar-refractivity contribution in [3.63, 3.8) is 0 Å². The number of aromatic nitrogens is 3. The van der Waals surface area contributed by atoms with Gasteiger partial charge < -0.3 is 0 Å². The standard InChI is InChI=1S/C14H10F3N3/c1-9-8-12-18-6-7-20(12)19-13(9)10-4-2-3-5-11(10)14(15,16)17/h2-8H,1H3. The molecule has 3 aromatic rings. The molecule has 102 valence electrons. The summed E-state index contributed by atoms with van der Waals surface area (Å²) in [6, 6.07) is 7.16. The van der Waals surface area contributed by atoms with Crippen LogP contribution in [-0.2, 0) is 6.18 Å². The van der Waals surface area contributed by atoms with Crippen LogP contribution < -0.4 is 0 Å². The summed E-state index contributed by atoms with van der Waals surface area (Å²) in [5.41, 5.74) is 0.961. The number of hydrogen-bond acceptors (Lipinski definition) is 2. The third-order valence-electron chi connectivity index (χ3n) is 3.06. The second-order valence-electron chi connectivity index (χ2n) is 4.45. The molecule has 6 heteroatoms. The first kappa shape index (κ1) is 12.7. The van der Waals surface area contributed by atoms with Crippen molar-refractivity contribution in [2.75, 3.05) is 0 Å². The van der Waals surface area contributed by atoms with Crippen LogP contribution in [0.15, 0.2) is 42.7 Å². The van der Waals surface area contributed by atoms with Crippen LogP contribution in [0.25, 0.3) is 16.9 Å². The fraction of sp³-hybridized carbons (Fsp3) is 0.143. The zero-order valence-corrected chi connectivity index (χ0v) is 10.5. The summed E-state index contributed by atoms with van der Waals surface area (Å²) in [4.78, 5) is 4.06. The summed E-state index contributed by atoms with van der Waals surface area (Å²) in [6.07, 6.45) is -1.25. The van der Waals surface area contributed by atoms with E-state index in [9.17, 15) is 13.2 Å². The smallest absolute Gasteiger partial charge is 0.236 e. The molecule has 0 saturated heterocycles. The van der Waals surface area contributed by atoms with Crippen molar-refractivity contribution in [3.05, 3.63) is 53.9 Å². The Labute approximate surface area is 112 Å². The number of imidazole rings is 1. The molecule has 0 radical (unpaired) electrons.